The number of carbonyl (C=O) groups is 1. The van der Waals surface area contributed by atoms with Crippen molar-refractivity contribution < 1.29 is 9.90 Å². The molecule has 2 atom stereocenters. The van der Waals surface area contributed by atoms with E-state index in [1.807, 2.05) is 18.2 Å². The topological polar surface area (TPSA) is 40.5 Å². The van der Waals surface area contributed by atoms with E-state index in [0.717, 1.165) is 18.7 Å². The number of carboxylic acids is 1. The van der Waals surface area contributed by atoms with Gasteiger partial charge in [0.05, 0.1) is 5.92 Å². The van der Waals surface area contributed by atoms with E-state index in [2.05, 4.69) is 48.2 Å². The van der Waals surface area contributed by atoms with Crippen molar-refractivity contribution in [2.75, 3.05) is 13.1 Å². The molecule has 1 aliphatic heterocycles. The second-order valence-corrected chi connectivity index (χ2v) is 6.14. The number of aryl methyl sites for hydroxylation is 1. The molecule has 114 valence electrons. The standard InChI is InChI=1S/C19H21NO2/c1-14-7-9-16(10-8-14)17-12-20(13-18(17)19(21)22)11-15-5-3-2-4-6-15/h2-10,17-18H,11-13H2,1H3,(H,21,22)/t17-,18-/m0/s1. The van der Waals surface area contributed by atoms with Gasteiger partial charge in [-0.15, -0.1) is 0 Å². The Morgan fingerprint density at radius 3 is 2.41 bits per heavy atom. The van der Waals surface area contributed by atoms with Crippen LogP contribution >= 0.6 is 0 Å². The molecule has 3 heteroatoms. The van der Waals surface area contributed by atoms with Crippen LogP contribution in [-0.2, 0) is 11.3 Å². The van der Waals surface area contributed by atoms with Crippen LogP contribution in [0.4, 0.5) is 0 Å². The molecule has 1 saturated heterocycles. The van der Waals surface area contributed by atoms with Crippen LogP contribution in [-0.4, -0.2) is 29.1 Å². The highest BCUT2D eigenvalue weighted by molar-refractivity contribution is 5.72. The van der Waals surface area contributed by atoms with Crippen molar-refractivity contribution in [3.05, 3.63) is 71.3 Å². The van der Waals surface area contributed by atoms with Crippen LogP contribution in [0.15, 0.2) is 54.6 Å². The monoisotopic (exact) mass is 295 g/mol. The number of nitrogens with zero attached hydrogens (tertiary/aromatic N) is 1. The number of hydrogen-bond donors (Lipinski definition) is 1. The molecule has 0 aliphatic carbocycles. The molecular formula is C19H21NO2. The Morgan fingerprint density at radius 2 is 1.77 bits per heavy atom. The fraction of sp³-hybridized carbons (Fsp3) is 0.316. The summed E-state index contributed by atoms with van der Waals surface area (Å²) in [5.74, 6) is -0.950. The molecular weight excluding hydrogens is 274 g/mol. The normalized spacial score (nSPS) is 21.9. The third kappa shape index (κ3) is 3.20. The second kappa shape index (κ2) is 6.32. The van der Waals surface area contributed by atoms with Crippen LogP contribution in [0, 0.1) is 12.8 Å². The quantitative estimate of drug-likeness (QED) is 0.941. The van der Waals surface area contributed by atoms with Crippen molar-refractivity contribution in [3.63, 3.8) is 0 Å². The highest BCUT2D eigenvalue weighted by Crippen LogP contribution is 2.33. The lowest BCUT2D eigenvalue weighted by Crippen LogP contribution is -2.23. The predicted molar refractivity (Wildman–Crippen MR) is 86.8 cm³/mol. The summed E-state index contributed by atoms with van der Waals surface area (Å²) >= 11 is 0. The molecule has 2 aromatic rings. The zero-order valence-corrected chi connectivity index (χ0v) is 12.8. The van der Waals surface area contributed by atoms with Crippen LogP contribution in [0.2, 0.25) is 0 Å². The SMILES string of the molecule is Cc1ccc([C@@H]2CN(Cc3ccccc3)C[C@@H]2C(=O)O)cc1. The van der Waals surface area contributed by atoms with E-state index in [1.54, 1.807) is 0 Å². The lowest BCUT2D eigenvalue weighted by molar-refractivity contribution is -0.141. The van der Waals surface area contributed by atoms with Crippen molar-refractivity contribution in [2.45, 2.75) is 19.4 Å². The molecule has 3 nitrogen and oxygen atoms in total. The van der Waals surface area contributed by atoms with Gasteiger partial charge in [0.1, 0.15) is 0 Å². The summed E-state index contributed by atoms with van der Waals surface area (Å²) < 4.78 is 0. The molecule has 1 heterocycles. The maximum atomic E-state index is 11.6. The Labute approximate surface area is 131 Å². The molecule has 0 unspecified atom stereocenters. The third-order valence-corrected chi connectivity index (χ3v) is 4.47. The van der Waals surface area contributed by atoms with E-state index in [-0.39, 0.29) is 11.8 Å². The average molecular weight is 295 g/mol. The van der Waals surface area contributed by atoms with Gasteiger partial charge in [0, 0.05) is 25.6 Å². The van der Waals surface area contributed by atoms with Gasteiger partial charge in [-0.05, 0) is 18.1 Å². The maximum absolute atomic E-state index is 11.6. The van der Waals surface area contributed by atoms with E-state index in [0.29, 0.717) is 6.54 Å². The van der Waals surface area contributed by atoms with Crippen molar-refractivity contribution in [2.24, 2.45) is 5.92 Å². The summed E-state index contributed by atoms with van der Waals surface area (Å²) in [6.45, 7) is 4.28. The minimum absolute atomic E-state index is 0.0711. The molecule has 0 radical (unpaired) electrons. The molecule has 22 heavy (non-hydrogen) atoms. The number of aliphatic carboxylic acids is 1. The summed E-state index contributed by atoms with van der Waals surface area (Å²) in [7, 11) is 0. The molecule has 1 fully saturated rings. The molecule has 0 bridgehead atoms. The van der Waals surface area contributed by atoms with Crippen molar-refractivity contribution in [3.8, 4) is 0 Å². The molecule has 1 N–H and O–H groups in total. The zero-order valence-electron chi connectivity index (χ0n) is 12.8. The second-order valence-electron chi connectivity index (χ2n) is 6.14. The van der Waals surface area contributed by atoms with E-state index in [4.69, 9.17) is 0 Å². The number of likely N-dealkylation sites (tertiary alicyclic amines) is 1. The van der Waals surface area contributed by atoms with Crippen LogP contribution in [0.25, 0.3) is 0 Å². The van der Waals surface area contributed by atoms with E-state index < -0.39 is 5.97 Å². The van der Waals surface area contributed by atoms with Gasteiger partial charge in [-0.1, -0.05) is 60.2 Å². The molecule has 0 saturated carbocycles. The fourth-order valence-electron chi connectivity index (χ4n) is 3.26. The Hall–Kier alpha value is -2.13. The highest BCUT2D eigenvalue weighted by atomic mass is 16.4. The molecule has 2 aromatic carbocycles. The van der Waals surface area contributed by atoms with Crippen LogP contribution in [0.5, 0.6) is 0 Å². The lowest BCUT2D eigenvalue weighted by atomic mass is 9.89. The van der Waals surface area contributed by atoms with E-state index in [9.17, 15) is 9.90 Å². The van der Waals surface area contributed by atoms with E-state index in [1.165, 1.54) is 11.1 Å². The minimum atomic E-state index is -0.693. The molecule has 0 aromatic heterocycles. The van der Waals surface area contributed by atoms with Gasteiger partial charge in [-0.25, -0.2) is 0 Å². The Morgan fingerprint density at radius 1 is 1.09 bits per heavy atom. The van der Waals surface area contributed by atoms with Crippen LogP contribution < -0.4 is 0 Å². The van der Waals surface area contributed by atoms with Gasteiger partial charge in [-0.2, -0.15) is 0 Å². The Balaban J connectivity index is 1.77. The molecule has 0 amide bonds. The number of rotatable bonds is 4. The van der Waals surface area contributed by atoms with Gasteiger partial charge in [0.25, 0.3) is 0 Å². The maximum Gasteiger partial charge on any atom is 0.308 e. The van der Waals surface area contributed by atoms with Gasteiger partial charge in [0.2, 0.25) is 0 Å². The third-order valence-electron chi connectivity index (χ3n) is 4.47. The van der Waals surface area contributed by atoms with Crippen LogP contribution in [0.3, 0.4) is 0 Å². The summed E-state index contributed by atoms with van der Waals surface area (Å²) in [4.78, 5) is 13.9. The van der Waals surface area contributed by atoms with Gasteiger partial charge < -0.3 is 5.11 Å². The summed E-state index contributed by atoms with van der Waals surface area (Å²) in [5, 5.41) is 9.56. The van der Waals surface area contributed by atoms with Crippen molar-refractivity contribution in [1.29, 1.82) is 0 Å². The zero-order chi connectivity index (χ0) is 15.5. The first kappa shape index (κ1) is 14.8. The number of benzene rings is 2. The smallest absolute Gasteiger partial charge is 0.308 e. The molecule has 0 spiro atoms. The summed E-state index contributed by atoms with van der Waals surface area (Å²) in [5.41, 5.74) is 3.57. The molecule has 1 aliphatic rings. The van der Waals surface area contributed by atoms with Gasteiger partial charge in [0.15, 0.2) is 0 Å². The summed E-state index contributed by atoms with van der Waals surface area (Å²) in [6, 6.07) is 18.5. The van der Waals surface area contributed by atoms with Gasteiger partial charge >= 0.3 is 5.97 Å². The fourth-order valence-corrected chi connectivity index (χ4v) is 3.26. The number of carboxylic acid groups (broad SMARTS) is 1. The summed E-state index contributed by atoms with van der Waals surface area (Å²) in [6.07, 6.45) is 0. The average Bonchev–Trinajstić information content (AvgIpc) is 2.93. The number of hydrogen-bond acceptors (Lipinski definition) is 2. The van der Waals surface area contributed by atoms with Crippen LogP contribution in [0.1, 0.15) is 22.6 Å². The van der Waals surface area contributed by atoms with Crippen molar-refractivity contribution >= 4 is 5.97 Å². The Kier molecular flexibility index (Phi) is 4.25. The Bertz CT molecular complexity index is 636. The lowest BCUT2D eigenvalue weighted by Gasteiger charge is -2.16. The predicted octanol–water partition coefficient (Wildman–Crippen LogP) is 3.30. The highest BCUT2D eigenvalue weighted by Gasteiger charge is 2.38. The first-order chi connectivity index (χ1) is 10.6. The first-order valence-corrected chi connectivity index (χ1v) is 7.69. The van der Waals surface area contributed by atoms with Gasteiger partial charge in [-0.3, -0.25) is 9.69 Å². The first-order valence-electron chi connectivity index (χ1n) is 7.69. The minimum Gasteiger partial charge on any atom is -0.481 e. The molecule has 3 rings (SSSR count). The van der Waals surface area contributed by atoms with E-state index >= 15 is 0 Å². The van der Waals surface area contributed by atoms with Crippen molar-refractivity contribution in [1.82, 2.24) is 4.90 Å². The largest absolute Gasteiger partial charge is 0.481 e.